The van der Waals surface area contributed by atoms with Crippen LogP contribution in [0.15, 0.2) is 80.2 Å². The van der Waals surface area contributed by atoms with Crippen LogP contribution in [0.25, 0.3) is 12.2 Å². The SMILES string of the molecule is Cc1noc(/C=C/c2ccccc2)c1N1C(C2C(=O)Nc3ccc(Br)cc32)C(=O)CC12C(=O)Nc1ccc(Br)cc12. The molecular weight excluding hydrogens is 652 g/mol. The molecule has 3 aromatic carbocycles. The van der Waals surface area contributed by atoms with Gasteiger partial charge in [0, 0.05) is 32.3 Å². The number of amides is 2. The molecule has 3 atom stereocenters. The molecule has 0 aliphatic carbocycles. The molecule has 2 amide bonds. The Hall–Kier alpha value is -4.02. The number of aromatic nitrogens is 1. The number of rotatable bonds is 4. The number of hydrogen-bond acceptors (Lipinski definition) is 6. The zero-order valence-electron chi connectivity index (χ0n) is 21.7. The second kappa shape index (κ2) is 9.53. The molecule has 8 nitrogen and oxygen atoms in total. The molecule has 204 valence electrons. The largest absolute Gasteiger partial charge is 0.354 e. The van der Waals surface area contributed by atoms with Gasteiger partial charge in [0.1, 0.15) is 17.4 Å². The summed E-state index contributed by atoms with van der Waals surface area (Å²) in [4.78, 5) is 43.7. The number of ketones is 1. The topological polar surface area (TPSA) is 105 Å². The van der Waals surface area contributed by atoms with Crippen molar-refractivity contribution in [1.82, 2.24) is 5.16 Å². The van der Waals surface area contributed by atoms with E-state index in [2.05, 4.69) is 47.7 Å². The van der Waals surface area contributed by atoms with Crippen molar-refractivity contribution in [2.75, 3.05) is 15.5 Å². The van der Waals surface area contributed by atoms with E-state index >= 15 is 0 Å². The lowest BCUT2D eigenvalue weighted by molar-refractivity contribution is -0.124. The predicted octanol–water partition coefficient (Wildman–Crippen LogP) is 6.41. The summed E-state index contributed by atoms with van der Waals surface area (Å²) in [6.07, 6.45) is 3.55. The molecule has 41 heavy (non-hydrogen) atoms. The number of nitrogens with one attached hydrogen (secondary N) is 2. The van der Waals surface area contributed by atoms with Crippen molar-refractivity contribution in [2.45, 2.75) is 30.8 Å². The molecule has 1 fully saturated rings. The Morgan fingerprint density at radius 2 is 1.68 bits per heavy atom. The van der Waals surface area contributed by atoms with Crippen LogP contribution in [-0.2, 0) is 19.9 Å². The minimum absolute atomic E-state index is 0.119. The zero-order chi connectivity index (χ0) is 28.5. The van der Waals surface area contributed by atoms with Gasteiger partial charge in [0.25, 0.3) is 5.91 Å². The van der Waals surface area contributed by atoms with Gasteiger partial charge in [0.15, 0.2) is 17.1 Å². The standard InChI is InChI=1S/C31H22Br2N4O4/c1-16-27(25(41-36-16)12-7-17-5-3-2-4-6-17)37-28(26-20-13-18(32)8-10-22(20)34-29(26)39)24(38)15-31(37)21-14-19(33)9-11-23(21)35-30(31)40/h2-14,26,28H,15H2,1H3,(H,34,39)(H,35,40)/b12-7+. The number of anilines is 3. The third-order valence-electron chi connectivity index (χ3n) is 8.03. The zero-order valence-corrected chi connectivity index (χ0v) is 24.8. The molecule has 3 aliphatic heterocycles. The summed E-state index contributed by atoms with van der Waals surface area (Å²) < 4.78 is 7.35. The molecule has 10 heteroatoms. The fourth-order valence-corrected chi connectivity index (χ4v) is 7.05. The van der Waals surface area contributed by atoms with Crippen LogP contribution in [0.2, 0.25) is 0 Å². The number of halogens is 2. The van der Waals surface area contributed by atoms with Crippen molar-refractivity contribution in [3.8, 4) is 0 Å². The molecule has 0 bridgehead atoms. The highest BCUT2D eigenvalue weighted by Gasteiger charge is 2.64. The average Bonchev–Trinajstić information content (AvgIpc) is 3.64. The van der Waals surface area contributed by atoms with Crippen molar-refractivity contribution < 1.29 is 18.9 Å². The van der Waals surface area contributed by atoms with E-state index in [9.17, 15) is 14.4 Å². The van der Waals surface area contributed by atoms with Gasteiger partial charge in [-0.05, 0) is 60.5 Å². The highest BCUT2D eigenvalue weighted by atomic mass is 79.9. The fraction of sp³-hybridized carbons (Fsp3) is 0.161. The Kier molecular flexibility index (Phi) is 6.02. The molecule has 7 rings (SSSR count). The molecule has 0 radical (unpaired) electrons. The van der Waals surface area contributed by atoms with Crippen LogP contribution in [0.4, 0.5) is 17.1 Å². The van der Waals surface area contributed by atoms with Gasteiger partial charge >= 0.3 is 0 Å². The Morgan fingerprint density at radius 3 is 2.46 bits per heavy atom. The monoisotopic (exact) mass is 672 g/mol. The number of carbonyl (C=O) groups excluding carboxylic acids is 3. The van der Waals surface area contributed by atoms with Crippen LogP contribution in [0.5, 0.6) is 0 Å². The Labute approximate surface area is 252 Å². The maximum Gasteiger partial charge on any atom is 0.255 e. The van der Waals surface area contributed by atoms with Crippen LogP contribution in [0.3, 0.4) is 0 Å². The van der Waals surface area contributed by atoms with Crippen molar-refractivity contribution in [3.05, 3.63) is 104 Å². The number of fused-ring (bicyclic) bond motifs is 3. The van der Waals surface area contributed by atoms with Crippen LogP contribution < -0.4 is 15.5 Å². The van der Waals surface area contributed by atoms with Crippen LogP contribution in [0, 0.1) is 6.92 Å². The lowest BCUT2D eigenvalue weighted by atomic mass is 9.87. The molecule has 4 aromatic rings. The smallest absolute Gasteiger partial charge is 0.255 e. The van der Waals surface area contributed by atoms with Gasteiger partial charge in [0.05, 0.1) is 5.92 Å². The highest BCUT2D eigenvalue weighted by molar-refractivity contribution is 9.10. The number of carbonyl (C=O) groups is 3. The van der Waals surface area contributed by atoms with E-state index < -0.39 is 17.5 Å². The van der Waals surface area contributed by atoms with Crippen LogP contribution in [-0.4, -0.2) is 28.8 Å². The summed E-state index contributed by atoms with van der Waals surface area (Å²) in [5, 5.41) is 10.2. The van der Waals surface area contributed by atoms with E-state index in [4.69, 9.17) is 4.52 Å². The fourth-order valence-electron chi connectivity index (χ4n) is 6.31. The van der Waals surface area contributed by atoms with Crippen molar-refractivity contribution in [1.29, 1.82) is 0 Å². The van der Waals surface area contributed by atoms with E-state index in [1.54, 1.807) is 17.9 Å². The summed E-state index contributed by atoms with van der Waals surface area (Å²) in [6, 6.07) is 19.7. The summed E-state index contributed by atoms with van der Waals surface area (Å²) in [5.41, 5.74) is 3.12. The lowest BCUT2D eigenvalue weighted by Gasteiger charge is -2.39. The Morgan fingerprint density at radius 1 is 0.951 bits per heavy atom. The maximum atomic E-state index is 14.2. The second-order valence-electron chi connectivity index (χ2n) is 10.4. The molecule has 1 aromatic heterocycles. The van der Waals surface area contributed by atoms with Crippen LogP contribution >= 0.6 is 31.9 Å². The van der Waals surface area contributed by atoms with Gasteiger partial charge in [0.2, 0.25) is 5.91 Å². The molecular formula is C31H22Br2N4O4. The number of benzene rings is 3. The first-order valence-electron chi connectivity index (χ1n) is 13.0. The number of hydrogen-bond donors (Lipinski definition) is 2. The normalized spacial score (nSPS) is 22.9. The molecule has 0 saturated carbocycles. The van der Waals surface area contributed by atoms with Gasteiger partial charge < -0.3 is 20.1 Å². The minimum Gasteiger partial charge on any atom is -0.354 e. The lowest BCUT2D eigenvalue weighted by Crippen LogP contribution is -2.53. The van der Waals surface area contributed by atoms with Crippen molar-refractivity contribution in [3.63, 3.8) is 0 Å². The molecule has 2 N–H and O–H groups in total. The molecule has 1 spiro atoms. The summed E-state index contributed by atoms with van der Waals surface area (Å²) >= 11 is 7.06. The van der Waals surface area contributed by atoms with Gasteiger partial charge in [-0.15, -0.1) is 0 Å². The molecule has 1 saturated heterocycles. The molecule has 3 aliphatic rings. The quantitative estimate of drug-likeness (QED) is 0.260. The first kappa shape index (κ1) is 25.9. The van der Waals surface area contributed by atoms with E-state index in [-0.39, 0.29) is 24.0 Å². The summed E-state index contributed by atoms with van der Waals surface area (Å²) in [6.45, 7) is 1.78. The molecule has 3 unspecified atom stereocenters. The third-order valence-corrected chi connectivity index (χ3v) is 9.02. The van der Waals surface area contributed by atoms with Gasteiger partial charge in [-0.25, -0.2) is 0 Å². The number of nitrogens with zero attached hydrogens (tertiary/aromatic N) is 2. The van der Waals surface area contributed by atoms with Gasteiger partial charge in [-0.3, -0.25) is 14.4 Å². The minimum atomic E-state index is -1.42. The van der Waals surface area contributed by atoms with E-state index in [1.165, 1.54) is 0 Å². The van der Waals surface area contributed by atoms with Crippen LogP contribution in [0.1, 0.15) is 40.5 Å². The van der Waals surface area contributed by atoms with E-state index in [0.717, 1.165) is 14.5 Å². The first-order chi connectivity index (χ1) is 19.8. The number of Topliss-reactive ketones (excluding diaryl/α,β-unsaturated/α-hetero) is 1. The number of aryl methyl sites for hydroxylation is 1. The first-order valence-corrected chi connectivity index (χ1v) is 14.6. The summed E-state index contributed by atoms with van der Waals surface area (Å²) in [7, 11) is 0. The summed E-state index contributed by atoms with van der Waals surface area (Å²) in [5.74, 6) is -1.34. The molecule has 4 heterocycles. The van der Waals surface area contributed by atoms with E-state index in [0.29, 0.717) is 39.6 Å². The van der Waals surface area contributed by atoms with Gasteiger partial charge in [-0.2, -0.15) is 0 Å². The maximum absolute atomic E-state index is 14.2. The van der Waals surface area contributed by atoms with Crippen molar-refractivity contribution >= 4 is 78.7 Å². The highest BCUT2D eigenvalue weighted by Crippen LogP contribution is 2.55. The van der Waals surface area contributed by atoms with Gasteiger partial charge in [-0.1, -0.05) is 73.4 Å². The third kappa shape index (κ3) is 3.92. The van der Waals surface area contributed by atoms with E-state index in [1.807, 2.05) is 72.8 Å². The van der Waals surface area contributed by atoms with Crippen molar-refractivity contribution in [2.24, 2.45) is 0 Å². The average molecular weight is 674 g/mol. The predicted molar refractivity (Wildman–Crippen MR) is 162 cm³/mol. The Balaban J connectivity index is 1.47. The Bertz CT molecular complexity index is 1800. The second-order valence-corrected chi connectivity index (χ2v) is 12.2.